The molecule has 0 aliphatic carbocycles. The van der Waals surface area contributed by atoms with Gasteiger partial charge in [-0.05, 0) is 26.3 Å². The Morgan fingerprint density at radius 2 is 2.05 bits per heavy atom. The highest BCUT2D eigenvalue weighted by atomic mass is 16.1. The van der Waals surface area contributed by atoms with Crippen LogP contribution in [0.2, 0.25) is 0 Å². The first-order valence-electron chi connectivity index (χ1n) is 7.02. The molecule has 0 spiro atoms. The number of hydrogen-bond donors (Lipinski definition) is 3. The third kappa shape index (κ3) is 6.77. The van der Waals surface area contributed by atoms with Gasteiger partial charge in [0.05, 0.1) is 0 Å². The Bertz CT molecular complexity index is 401. The molecular formula is C13H24N6O. The van der Waals surface area contributed by atoms with Crippen molar-refractivity contribution in [3.8, 4) is 0 Å². The molecule has 1 aromatic heterocycles. The van der Waals surface area contributed by atoms with Gasteiger partial charge in [-0.25, -0.2) is 4.99 Å². The lowest BCUT2D eigenvalue weighted by Crippen LogP contribution is -2.39. The minimum Gasteiger partial charge on any atom is -0.357 e. The monoisotopic (exact) mass is 280 g/mol. The summed E-state index contributed by atoms with van der Waals surface area (Å²) in [5, 5.41) is 13.2. The van der Waals surface area contributed by atoms with Gasteiger partial charge in [0.2, 0.25) is 5.91 Å². The molecule has 0 aliphatic rings. The number of aliphatic imine (C=N–C) groups is 1. The van der Waals surface area contributed by atoms with Crippen molar-refractivity contribution in [1.82, 2.24) is 25.7 Å². The van der Waals surface area contributed by atoms with E-state index in [0.29, 0.717) is 12.5 Å². The Labute approximate surface area is 119 Å². The van der Waals surface area contributed by atoms with Crippen molar-refractivity contribution in [3.63, 3.8) is 0 Å². The zero-order valence-corrected chi connectivity index (χ0v) is 12.2. The molecule has 7 nitrogen and oxygen atoms in total. The number of nitrogens with one attached hydrogen (secondary N) is 3. The summed E-state index contributed by atoms with van der Waals surface area (Å²) in [6.07, 6.45) is 4.65. The van der Waals surface area contributed by atoms with Crippen LogP contribution in [0.5, 0.6) is 0 Å². The summed E-state index contributed by atoms with van der Waals surface area (Å²) in [6.45, 7) is 7.05. The predicted octanol–water partition coefficient (Wildman–Crippen LogP) is -0.0356. The molecule has 1 rings (SSSR count). The minimum absolute atomic E-state index is 0.0683. The minimum atomic E-state index is -0.0683. The third-order valence-electron chi connectivity index (χ3n) is 2.51. The quantitative estimate of drug-likeness (QED) is 0.354. The van der Waals surface area contributed by atoms with Gasteiger partial charge in [0.15, 0.2) is 5.96 Å². The molecule has 0 bridgehead atoms. The predicted molar refractivity (Wildman–Crippen MR) is 79.5 cm³/mol. The molecule has 0 radical (unpaired) electrons. The molecule has 0 unspecified atom stereocenters. The number of amides is 1. The number of likely N-dealkylation sites (N-methyl/N-ethyl adjacent to an activating group) is 1. The Kier molecular flexibility index (Phi) is 7.86. The van der Waals surface area contributed by atoms with Crippen LogP contribution in [0.4, 0.5) is 0 Å². The highest BCUT2D eigenvalue weighted by Crippen LogP contribution is 1.88. The van der Waals surface area contributed by atoms with E-state index >= 15 is 0 Å². The number of hydrogen-bond acceptors (Lipinski definition) is 3. The molecular weight excluding hydrogens is 256 g/mol. The smallest absolute Gasteiger partial charge is 0.241 e. The molecule has 1 aromatic rings. The summed E-state index contributed by atoms with van der Waals surface area (Å²) in [5.74, 6) is 0.598. The first-order valence-corrected chi connectivity index (χ1v) is 7.02. The van der Waals surface area contributed by atoms with Crippen LogP contribution in [0.1, 0.15) is 20.3 Å². The van der Waals surface area contributed by atoms with Crippen molar-refractivity contribution in [2.75, 3.05) is 26.2 Å². The van der Waals surface area contributed by atoms with Gasteiger partial charge in [0, 0.05) is 38.6 Å². The van der Waals surface area contributed by atoms with Crippen LogP contribution >= 0.6 is 0 Å². The SMILES string of the molecule is CCNC(=O)CN=C(NCC)NCCCn1cccn1. The third-order valence-corrected chi connectivity index (χ3v) is 2.51. The molecule has 7 heteroatoms. The highest BCUT2D eigenvalue weighted by Gasteiger charge is 2.00. The lowest BCUT2D eigenvalue weighted by atomic mass is 10.4. The van der Waals surface area contributed by atoms with Crippen LogP contribution < -0.4 is 16.0 Å². The van der Waals surface area contributed by atoms with E-state index in [0.717, 1.165) is 26.1 Å². The number of aryl methyl sites for hydroxylation is 1. The molecule has 1 amide bonds. The zero-order valence-electron chi connectivity index (χ0n) is 12.2. The molecule has 3 N–H and O–H groups in total. The lowest BCUT2D eigenvalue weighted by Gasteiger charge is -2.11. The van der Waals surface area contributed by atoms with Gasteiger partial charge in [-0.2, -0.15) is 5.10 Å². The maximum atomic E-state index is 11.4. The average molecular weight is 280 g/mol. The van der Waals surface area contributed by atoms with Crippen LogP contribution in [0.15, 0.2) is 23.5 Å². The molecule has 0 aromatic carbocycles. The normalized spacial score (nSPS) is 11.2. The van der Waals surface area contributed by atoms with Crippen molar-refractivity contribution in [1.29, 1.82) is 0 Å². The Morgan fingerprint density at radius 1 is 1.25 bits per heavy atom. The Balaban J connectivity index is 2.27. The van der Waals surface area contributed by atoms with Crippen LogP contribution in [-0.4, -0.2) is 47.8 Å². The van der Waals surface area contributed by atoms with Gasteiger partial charge in [-0.3, -0.25) is 9.48 Å². The van der Waals surface area contributed by atoms with Crippen molar-refractivity contribution < 1.29 is 4.79 Å². The number of rotatable bonds is 8. The van der Waals surface area contributed by atoms with Crippen molar-refractivity contribution >= 4 is 11.9 Å². The number of aromatic nitrogens is 2. The van der Waals surface area contributed by atoms with Crippen LogP contribution in [0.3, 0.4) is 0 Å². The Hall–Kier alpha value is -2.05. The van der Waals surface area contributed by atoms with Crippen molar-refractivity contribution in [3.05, 3.63) is 18.5 Å². The van der Waals surface area contributed by atoms with Crippen molar-refractivity contribution in [2.24, 2.45) is 4.99 Å². The maximum absolute atomic E-state index is 11.4. The molecule has 20 heavy (non-hydrogen) atoms. The lowest BCUT2D eigenvalue weighted by molar-refractivity contribution is -0.119. The molecule has 0 saturated heterocycles. The summed E-state index contributed by atoms with van der Waals surface area (Å²) < 4.78 is 1.89. The second-order valence-corrected chi connectivity index (χ2v) is 4.20. The van der Waals surface area contributed by atoms with Crippen LogP contribution in [0, 0.1) is 0 Å². The number of carbonyl (C=O) groups excluding carboxylic acids is 1. The summed E-state index contributed by atoms with van der Waals surface area (Å²) in [5.41, 5.74) is 0. The van der Waals surface area contributed by atoms with E-state index in [-0.39, 0.29) is 12.5 Å². The fourth-order valence-corrected chi connectivity index (χ4v) is 1.63. The van der Waals surface area contributed by atoms with E-state index < -0.39 is 0 Å². The Morgan fingerprint density at radius 3 is 2.70 bits per heavy atom. The number of nitrogens with zero attached hydrogens (tertiary/aromatic N) is 3. The van der Waals surface area contributed by atoms with E-state index in [4.69, 9.17) is 0 Å². The zero-order chi connectivity index (χ0) is 14.6. The molecule has 112 valence electrons. The van der Waals surface area contributed by atoms with Crippen molar-refractivity contribution in [2.45, 2.75) is 26.8 Å². The fourth-order valence-electron chi connectivity index (χ4n) is 1.63. The molecule has 0 saturated carbocycles. The van der Waals surface area contributed by atoms with Crippen LogP contribution in [0.25, 0.3) is 0 Å². The van der Waals surface area contributed by atoms with Gasteiger partial charge < -0.3 is 16.0 Å². The summed E-state index contributed by atoms with van der Waals surface area (Å²) >= 11 is 0. The standard InChI is InChI=1S/C13H24N6O/c1-3-14-12(20)11-17-13(15-4-2)16-7-5-9-19-10-6-8-18-19/h6,8,10H,3-5,7,9,11H2,1-2H3,(H,14,20)(H2,15,16,17). The highest BCUT2D eigenvalue weighted by molar-refractivity contribution is 5.84. The molecule has 0 fully saturated rings. The largest absolute Gasteiger partial charge is 0.357 e. The fraction of sp³-hybridized carbons (Fsp3) is 0.615. The first kappa shape index (κ1) is 16.0. The van der Waals surface area contributed by atoms with Gasteiger partial charge in [0.25, 0.3) is 0 Å². The summed E-state index contributed by atoms with van der Waals surface area (Å²) in [7, 11) is 0. The summed E-state index contributed by atoms with van der Waals surface area (Å²) in [6, 6.07) is 1.91. The van der Waals surface area contributed by atoms with E-state index in [2.05, 4.69) is 26.0 Å². The maximum Gasteiger partial charge on any atom is 0.241 e. The molecule has 0 atom stereocenters. The van der Waals surface area contributed by atoms with Crippen LogP contribution in [-0.2, 0) is 11.3 Å². The van der Waals surface area contributed by atoms with Gasteiger partial charge in [0.1, 0.15) is 6.54 Å². The van der Waals surface area contributed by atoms with E-state index in [1.807, 2.05) is 30.8 Å². The molecule has 0 aliphatic heterocycles. The second kappa shape index (κ2) is 9.82. The van der Waals surface area contributed by atoms with E-state index in [1.165, 1.54) is 0 Å². The number of carbonyl (C=O) groups is 1. The number of guanidine groups is 1. The van der Waals surface area contributed by atoms with Gasteiger partial charge >= 0.3 is 0 Å². The van der Waals surface area contributed by atoms with E-state index in [9.17, 15) is 4.79 Å². The van der Waals surface area contributed by atoms with E-state index in [1.54, 1.807) is 6.20 Å². The average Bonchev–Trinajstić information content (AvgIpc) is 2.94. The first-order chi connectivity index (χ1) is 9.76. The van der Waals surface area contributed by atoms with Gasteiger partial charge in [-0.1, -0.05) is 0 Å². The molecule has 1 heterocycles. The topological polar surface area (TPSA) is 83.3 Å². The second-order valence-electron chi connectivity index (χ2n) is 4.20. The summed E-state index contributed by atoms with van der Waals surface area (Å²) in [4.78, 5) is 15.6. The van der Waals surface area contributed by atoms with Gasteiger partial charge in [-0.15, -0.1) is 0 Å².